The molecule has 0 saturated heterocycles. The first-order valence-corrected chi connectivity index (χ1v) is 16.4. The number of carboxylic acids is 1. The second-order valence-electron chi connectivity index (χ2n) is 12.5. The highest BCUT2D eigenvalue weighted by molar-refractivity contribution is 6.00. The number of amides is 3. The van der Waals surface area contributed by atoms with Crippen LogP contribution in [0.3, 0.4) is 0 Å². The normalized spacial score (nSPS) is 11.5. The number of nitrogens with one attached hydrogen (secondary N) is 3. The van der Waals surface area contributed by atoms with Gasteiger partial charge in [-0.25, -0.2) is 14.4 Å². The standard InChI is InChI=1S/C39H43N3O8/c1-39(2,3)50-38(47)42-34(19-10-11-22-40-37(46)49-26-28-15-8-5-9-16-28)35(43)41-30-20-21-32(36(44)45)33(24-30)29-17-12-18-31(23-29)48-25-27-13-6-4-7-14-27/h4-9,12-18,20-21,23-24,34H,10-11,19,22,25-26H2,1-3H3,(H,40,46)(H,41,43)(H,42,47)(H,44,45). The van der Waals surface area contributed by atoms with Crippen molar-refractivity contribution in [2.24, 2.45) is 0 Å². The molecule has 11 nitrogen and oxygen atoms in total. The third-order valence-corrected chi connectivity index (χ3v) is 7.32. The van der Waals surface area contributed by atoms with E-state index in [1.54, 1.807) is 51.1 Å². The Bertz CT molecular complexity index is 1740. The number of rotatable bonds is 15. The fourth-order valence-electron chi connectivity index (χ4n) is 4.93. The number of benzene rings is 4. The molecule has 0 aliphatic rings. The summed E-state index contributed by atoms with van der Waals surface area (Å²) < 4.78 is 16.6. The van der Waals surface area contributed by atoms with Crippen LogP contribution >= 0.6 is 0 Å². The second-order valence-corrected chi connectivity index (χ2v) is 12.5. The van der Waals surface area contributed by atoms with Crippen LogP contribution in [-0.4, -0.2) is 47.4 Å². The van der Waals surface area contributed by atoms with E-state index < -0.39 is 35.7 Å². The number of anilines is 1. The van der Waals surface area contributed by atoms with Crippen molar-refractivity contribution < 1.29 is 38.5 Å². The van der Waals surface area contributed by atoms with Gasteiger partial charge in [0.15, 0.2) is 0 Å². The molecule has 1 atom stereocenters. The van der Waals surface area contributed by atoms with Crippen molar-refractivity contribution in [1.29, 1.82) is 0 Å². The van der Waals surface area contributed by atoms with Crippen molar-refractivity contribution in [1.82, 2.24) is 10.6 Å². The molecule has 0 fully saturated rings. The van der Waals surface area contributed by atoms with E-state index in [4.69, 9.17) is 14.2 Å². The van der Waals surface area contributed by atoms with Gasteiger partial charge in [-0.15, -0.1) is 0 Å². The molecule has 4 rings (SSSR count). The molecule has 262 valence electrons. The van der Waals surface area contributed by atoms with Crippen LogP contribution in [0.5, 0.6) is 5.75 Å². The molecular formula is C39H43N3O8. The summed E-state index contributed by atoms with van der Waals surface area (Å²) in [6.45, 7) is 5.96. The van der Waals surface area contributed by atoms with Gasteiger partial charge in [-0.3, -0.25) is 4.79 Å². The Balaban J connectivity index is 1.41. The van der Waals surface area contributed by atoms with E-state index in [9.17, 15) is 24.3 Å². The minimum Gasteiger partial charge on any atom is -0.489 e. The van der Waals surface area contributed by atoms with E-state index >= 15 is 0 Å². The van der Waals surface area contributed by atoms with Crippen molar-refractivity contribution in [2.75, 3.05) is 11.9 Å². The maximum absolute atomic E-state index is 13.5. The summed E-state index contributed by atoms with van der Waals surface area (Å²) in [5.74, 6) is -1.09. The topological polar surface area (TPSA) is 152 Å². The Hall–Kier alpha value is -5.84. The zero-order valence-electron chi connectivity index (χ0n) is 28.4. The molecule has 50 heavy (non-hydrogen) atoms. The molecule has 0 spiro atoms. The number of aromatic carboxylic acids is 1. The molecular weight excluding hydrogens is 638 g/mol. The minimum atomic E-state index is -1.13. The third-order valence-electron chi connectivity index (χ3n) is 7.32. The molecule has 0 aromatic heterocycles. The van der Waals surface area contributed by atoms with Gasteiger partial charge in [0.25, 0.3) is 0 Å². The Kier molecular flexibility index (Phi) is 13.4. The summed E-state index contributed by atoms with van der Waals surface area (Å²) in [7, 11) is 0. The number of ether oxygens (including phenoxy) is 3. The highest BCUT2D eigenvalue weighted by Gasteiger charge is 2.25. The van der Waals surface area contributed by atoms with Crippen molar-refractivity contribution in [3.63, 3.8) is 0 Å². The lowest BCUT2D eigenvalue weighted by molar-refractivity contribution is -0.118. The van der Waals surface area contributed by atoms with Crippen LogP contribution in [0.15, 0.2) is 103 Å². The van der Waals surface area contributed by atoms with Crippen LogP contribution in [0.25, 0.3) is 11.1 Å². The predicted molar refractivity (Wildman–Crippen MR) is 190 cm³/mol. The van der Waals surface area contributed by atoms with Gasteiger partial charge in [-0.2, -0.15) is 0 Å². The van der Waals surface area contributed by atoms with E-state index in [0.29, 0.717) is 48.6 Å². The molecule has 11 heteroatoms. The molecule has 0 radical (unpaired) electrons. The van der Waals surface area contributed by atoms with Crippen LogP contribution in [0.2, 0.25) is 0 Å². The lowest BCUT2D eigenvalue weighted by atomic mass is 9.98. The van der Waals surface area contributed by atoms with Crippen LogP contribution in [0.1, 0.15) is 61.5 Å². The first-order valence-electron chi connectivity index (χ1n) is 16.4. The highest BCUT2D eigenvalue weighted by atomic mass is 16.6. The summed E-state index contributed by atoms with van der Waals surface area (Å²) in [6, 6.07) is 29.6. The van der Waals surface area contributed by atoms with E-state index in [-0.39, 0.29) is 18.6 Å². The fourth-order valence-corrected chi connectivity index (χ4v) is 4.93. The smallest absolute Gasteiger partial charge is 0.408 e. The molecule has 3 amide bonds. The number of alkyl carbamates (subject to hydrolysis) is 2. The van der Waals surface area contributed by atoms with Gasteiger partial charge in [0, 0.05) is 12.2 Å². The molecule has 0 aliphatic carbocycles. The fraction of sp³-hybridized carbons (Fsp3) is 0.282. The Morgan fingerprint density at radius 2 is 1.44 bits per heavy atom. The quantitative estimate of drug-likeness (QED) is 0.0939. The van der Waals surface area contributed by atoms with Crippen LogP contribution in [0, 0.1) is 0 Å². The number of carbonyl (C=O) groups is 4. The van der Waals surface area contributed by atoms with E-state index in [1.165, 1.54) is 12.1 Å². The molecule has 0 aliphatic heterocycles. The highest BCUT2D eigenvalue weighted by Crippen LogP contribution is 2.30. The first-order chi connectivity index (χ1) is 24.0. The van der Waals surface area contributed by atoms with E-state index in [2.05, 4.69) is 16.0 Å². The first kappa shape index (κ1) is 37.0. The number of carboxylic acid groups (broad SMARTS) is 1. The van der Waals surface area contributed by atoms with Gasteiger partial charge in [-0.1, -0.05) is 72.8 Å². The van der Waals surface area contributed by atoms with E-state index in [0.717, 1.165) is 11.1 Å². The molecule has 1 unspecified atom stereocenters. The zero-order chi connectivity index (χ0) is 35.9. The summed E-state index contributed by atoms with van der Waals surface area (Å²) in [5, 5.41) is 18.1. The summed E-state index contributed by atoms with van der Waals surface area (Å²) in [4.78, 5) is 50.5. The van der Waals surface area contributed by atoms with Gasteiger partial charge in [0.2, 0.25) is 5.91 Å². The lowest BCUT2D eigenvalue weighted by Crippen LogP contribution is -2.45. The van der Waals surface area contributed by atoms with Crippen molar-refractivity contribution in [3.05, 3.63) is 120 Å². The average Bonchev–Trinajstić information content (AvgIpc) is 3.09. The van der Waals surface area contributed by atoms with Crippen LogP contribution in [0.4, 0.5) is 15.3 Å². The monoisotopic (exact) mass is 681 g/mol. The second kappa shape index (κ2) is 18.1. The number of hydrogen-bond acceptors (Lipinski definition) is 7. The van der Waals surface area contributed by atoms with Gasteiger partial charge >= 0.3 is 18.2 Å². The molecule has 4 aromatic carbocycles. The van der Waals surface area contributed by atoms with Gasteiger partial charge in [0.05, 0.1) is 5.56 Å². The van der Waals surface area contributed by atoms with Crippen LogP contribution < -0.4 is 20.7 Å². The lowest BCUT2D eigenvalue weighted by Gasteiger charge is -2.23. The number of hydrogen-bond donors (Lipinski definition) is 4. The van der Waals surface area contributed by atoms with Crippen molar-refractivity contribution in [2.45, 2.75) is 64.9 Å². The van der Waals surface area contributed by atoms with Crippen molar-refractivity contribution >= 4 is 29.8 Å². The van der Waals surface area contributed by atoms with E-state index in [1.807, 2.05) is 60.7 Å². The maximum Gasteiger partial charge on any atom is 0.408 e. The van der Waals surface area contributed by atoms with Gasteiger partial charge < -0.3 is 35.3 Å². The third kappa shape index (κ3) is 12.3. The predicted octanol–water partition coefficient (Wildman–Crippen LogP) is 7.56. The summed E-state index contributed by atoms with van der Waals surface area (Å²) in [5.41, 5.74) is 2.42. The van der Waals surface area contributed by atoms with Gasteiger partial charge in [-0.05, 0) is 92.6 Å². The van der Waals surface area contributed by atoms with Gasteiger partial charge in [0.1, 0.15) is 30.6 Å². The Labute approximate surface area is 292 Å². The maximum atomic E-state index is 13.5. The largest absolute Gasteiger partial charge is 0.489 e. The van der Waals surface area contributed by atoms with Crippen LogP contribution in [-0.2, 0) is 27.5 Å². The molecule has 0 bridgehead atoms. The SMILES string of the molecule is CC(C)(C)OC(=O)NC(CCCCNC(=O)OCc1ccccc1)C(=O)Nc1ccc(C(=O)O)c(-c2cccc(OCc3ccccc3)c2)c1. The summed E-state index contributed by atoms with van der Waals surface area (Å²) >= 11 is 0. The molecule has 4 aromatic rings. The molecule has 0 saturated carbocycles. The van der Waals surface area contributed by atoms with Crippen molar-refractivity contribution in [3.8, 4) is 16.9 Å². The average molecular weight is 682 g/mol. The molecule has 4 N–H and O–H groups in total. The summed E-state index contributed by atoms with van der Waals surface area (Å²) in [6.07, 6.45) is -0.0720. The Morgan fingerprint density at radius 1 is 0.760 bits per heavy atom. The Morgan fingerprint density at radius 3 is 2.10 bits per heavy atom. The number of unbranched alkanes of at least 4 members (excludes halogenated alkanes) is 1. The zero-order valence-corrected chi connectivity index (χ0v) is 28.4. The molecule has 0 heterocycles. The minimum absolute atomic E-state index is 0.0430. The number of carbonyl (C=O) groups excluding carboxylic acids is 3.